The molecule has 1 aliphatic rings. The third kappa shape index (κ3) is 4.35. The fourth-order valence-electron chi connectivity index (χ4n) is 4.11. The average Bonchev–Trinajstić information content (AvgIpc) is 3.33. The molecule has 6 heteroatoms. The van der Waals surface area contributed by atoms with Crippen molar-refractivity contribution in [1.29, 1.82) is 0 Å². The SMILES string of the molecule is COc1ccc(C(=O)NC[C@@H](c2cccs2)[NH+]2CCc3ccccc3C2)c(OC)c1. The fourth-order valence-corrected chi connectivity index (χ4v) is 5.00. The minimum absolute atomic E-state index is 0.132. The van der Waals surface area contributed by atoms with Crippen molar-refractivity contribution in [3.05, 3.63) is 81.5 Å². The first kappa shape index (κ1) is 20.4. The zero-order chi connectivity index (χ0) is 20.9. The van der Waals surface area contributed by atoms with Gasteiger partial charge in [0.25, 0.3) is 5.91 Å². The normalized spacial score (nSPS) is 16.4. The molecule has 1 aromatic heterocycles. The molecule has 0 fully saturated rings. The van der Waals surface area contributed by atoms with Crippen molar-refractivity contribution < 1.29 is 19.2 Å². The van der Waals surface area contributed by atoms with Crippen molar-refractivity contribution >= 4 is 17.2 Å². The highest BCUT2D eigenvalue weighted by Gasteiger charge is 2.29. The third-order valence-corrected chi connectivity index (χ3v) is 6.74. The summed E-state index contributed by atoms with van der Waals surface area (Å²) in [6, 6.07) is 18.4. The van der Waals surface area contributed by atoms with Crippen LogP contribution in [0.4, 0.5) is 0 Å². The summed E-state index contributed by atoms with van der Waals surface area (Å²) < 4.78 is 10.6. The molecule has 2 aromatic carbocycles. The third-order valence-electron chi connectivity index (χ3n) is 5.75. The lowest BCUT2D eigenvalue weighted by Crippen LogP contribution is -3.12. The van der Waals surface area contributed by atoms with Crippen LogP contribution in [0.2, 0.25) is 0 Å². The molecule has 2 atom stereocenters. The van der Waals surface area contributed by atoms with Gasteiger partial charge in [-0.2, -0.15) is 0 Å². The number of methoxy groups -OCH3 is 2. The van der Waals surface area contributed by atoms with Gasteiger partial charge < -0.3 is 19.7 Å². The van der Waals surface area contributed by atoms with Gasteiger partial charge in [0, 0.05) is 18.1 Å². The van der Waals surface area contributed by atoms with E-state index in [9.17, 15) is 4.79 Å². The molecule has 1 amide bonds. The van der Waals surface area contributed by atoms with E-state index in [1.807, 2.05) is 0 Å². The van der Waals surface area contributed by atoms with Crippen LogP contribution in [0.3, 0.4) is 0 Å². The van der Waals surface area contributed by atoms with Crippen LogP contribution in [0.15, 0.2) is 60.0 Å². The summed E-state index contributed by atoms with van der Waals surface area (Å²) in [5, 5.41) is 5.25. The number of carbonyl (C=O) groups excluding carboxylic acids is 1. The molecule has 2 N–H and O–H groups in total. The second-order valence-electron chi connectivity index (χ2n) is 7.45. The van der Waals surface area contributed by atoms with Gasteiger partial charge in [0.05, 0.1) is 37.7 Å². The van der Waals surface area contributed by atoms with Crippen molar-refractivity contribution in [2.75, 3.05) is 27.3 Å². The molecule has 4 rings (SSSR count). The number of ether oxygens (including phenoxy) is 2. The number of benzene rings is 2. The molecule has 1 unspecified atom stereocenters. The maximum Gasteiger partial charge on any atom is 0.255 e. The molecule has 0 aliphatic carbocycles. The zero-order valence-corrected chi connectivity index (χ0v) is 18.1. The Morgan fingerprint density at radius 1 is 1.10 bits per heavy atom. The molecule has 30 heavy (non-hydrogen) atoms. The van der Waals surface area contributed by atoms with Crippen LogP contribution in [-0.2, 0) is 13.0 Å². The van der Waals surface area contributed by atoms with E-state index >= 15 is 0 Å². The highest BCUT2D eigenvalue weighted by Crippen LogP contribution is 2.25. The molecule has 0 radical (unpaired) electrons. The lowest BCUT2D eigenvalue weighted by atomic mass is 9.98. The van der Waals surface area contributed by atoms with Crippen molar-refractivity contribution in [2.45, 2.75) is 19.0 Å². The van der Waals surface area contributed by atoms with Crippen molar-refractivity contribution in [3.8, 4) is 11.5 Å². The van der Waals surface area contributed by atoms with Gasteiger partial charge in [-0.3, -0.25) is 4.79 Å². The number of nitrogens with one attached hydrogen (secondary N) is 2. The second-order valence-corrected chi connectivity index (χ2v) is 8.43. The van der Waals surface area contributed by atoms with Crippen LogP contribution < -0.4 is 19.7 Å². The van der Waals surface area contributed by atoms with Crippen LogP contribution in [-0.4, -0.2) is 33.2 Å². The quantitative estimate of drug-likeness (QED) is 0.615. The minimum atomic E-state index is -0.132. The highest BCUT2D eigenvalue weighted by molar-refractivity contribution is 7.10. The maximum absolute atomic E-state index is 12.9. The highest BCUT2D eigenvalue weighted by atomic mass is 32.1. The Bertz CT molecular complexity index is 1000. The van der Waals surface area contributed by atoms with E-state index in [2.05, 4.69) is 47.1 Å². The lowest BCUT2D eigenvalue weighted by Gasteiger charge is -2.32. The molecule has 0 bridgehead atoms. The van der Waals surface area contributed by atoms with E-state index in [-0.39, 0.29) is 11.9 Å². The predicted octanol–water partition coefficient (Wildman–Crippen LogP) is 2.88. The zero-order valence-electron chi connectivity index (χ0n) is 17.3. The first-order valence-electron chi connectivity index (χ1n) is 10.1. The number of hydrogen-bond acceptors (Lipinski definition) is 4. The topological polar surface area (TPSA) is 52.0 Å². The van der Waals surface area contributed by atoms with Gasteiger partial charge >= 0.3 is 0 Å². The minimum Gasteiger partial charge on any atom is -0.497 e. The van der Waals surface area contributed by atoms with Crippen molar-refractivity contribution in [1.82, 2.24) is 5.32 Å². The number of carbonyl (C=O) groups is 1. The maximum atomic E-state index is 12.9. The van der Waals surface area contributed by atoms with Gasteiger partial charge in [0.15, 0.2) is 0 Å². The molecule has 1 aliphatic heterocycles. The standard InChI is InChI=1S/C24H26N2O3S/c1-28-19-9-10-20(22(14-19)29-2)24(27)25-15-21(23-8-5-13-30-23)26-12-11-17-6-3-4-7-18(17)16-26/h3-10,13-14,21H,11-12,15-16H2,1-2H3,(H,25,27)/p+1/t21-/m0/s1. The Hall–Kier alpha value is -2.83. The lowest BCUT2D eigenvalue weighted by molar-refractivity contribution is -0.945. The van der Waals surface area contributed by atoms with Crippen LogP contribution >= 0.6 is 11.3 Å². The monoisotopic (exact) mass is 423 g/mol. The van der Waals surface area contributed by atoms with Crippen LogP contribution in [0.25, 0.3) is 0 Å². The summed E-state index contributed by atoms with van der Waals surface area (Å²) in [6.07, 6.45) is 1.06. The Kier molecular flexibility index (Phi) is 6.35. The van der Waals surface area contributed by atoms with Gasteiger partial charge in [0.1, 0.15) is 24.1 Å². The molecule has 0 saturated heterocycles. The Morgan fingerprint density at radius 2 is 1.93 bits per heavy atom. The van der Waals surface area contributed by atoms with Crippen LogP contribution in [0, 0.1) is 0 Å². The Balaban J connectivity index is 1.51. The smallest absolute Gasteiger partial charge is 0.255 e. The summed E-state index contributed by atoms with van der Waals surface area (Å²) in [7, 11) is 3.16. The van der Waals surface area contributed by atoms with Crippen LogP contribution in [0.5, 0.6) is 11.5 Å². The molecule has 0 saturated carbocycles. The summed E-state index contributed by atoms with van der Waals surface area (Å²) in [5.74, 6) is 1.04. The largest absolute Gasteiger partial charge is 0.497 e. The van der Waals surface area contributed by atoms with E-state index < -0.39 is 0 Å². The first-order valence-corrected chi connectivity index (χ1v) is 11.0. The Morgan fingerprint density at radius 3 is 2.67 bits per heavy atom. The van der Waals surface area contributed by atoms with Crippen molar-refractivity contribution in [2.24, 2.45) is 0 Å². The summed E-state index contributed by atoms with van der Waals surface area (Å²) in [5.41, 5.74) is 3.36. The van der Waals surface area contributed by atoms with Gasteiger partial charge in [-0.15, -0.1) is 11.3 Å². The van der Waals surface area contributed by atoms with Crippen LogP contribution in [0.1, 0.15) is 32.4 Å². The van der Waals surface area contributed by atoms with E-state index in [0.29, 0.717) is 23.6 Å². The summed E-state index contributed by atoms with van der Waals surface area (Å²) >= 11 is 1.75. The van der Waals surface area contributed by atoms with E-state index in [4.69, 9.17) is 9.47 Å². The van der Waals surface area contributed by atoms with Gasteiger partial charge in [-0.1, -0.05) is 30.3 Å². The summed E-state index contributed by atoms with van der Waals surface area (Å²) in [4.78, 5) is 15.7. The van der Waals surface area contributed by atoms with E-state index in [0.717, 1.165) is 19.5 Å². The van der Waals surface area contributed by atoms with Gasteiger partial charge in [-0.25, -0.2) is 0 Å². The molecule has 5 nitrogen and oxygen atoms in total. The molecular weight excluding hydrogens is 396 g/mol. The molecule has 2 heterocycles. The Labute approximate surface area is 181 Å². The molecule has 0 spiro atoms. The summed E-state index contributed by atoms with van der Waals surface area (Å²) in [6.45, 7) is 2.60. The number of fused-ring (bicyclic) bond motifs is 1. The predicted molar refractivity (Wildman–Crippen MR) is 119 cm³/mol. The molecular formula is C24H27N2O3S+. The average molecular weight is 424 g/mol. The number of thiophene rings is 1. The number of quaternary nitrogens is 1. The van der Waals surface area contributed by atoms with Gasteiger partial charge in [-0.05, 0) is 29.1 Å². The molecule has 3 aromatic rings. The number of hydrogen-bond donors (Lipinski definition) is 2. The first-order chi connectivity index (χ1) is 14.7. The van der Waals surface area contributed by atoms with E-state index in [1.165, 1.54) is 20.9 Å². The molecule has 156 valence electrons. The second kappa shape index (κ2) is 9.32. The van der Waals surface area contributed by atoms with Gasteiger partial charge in [0.2, 0.25) is 0 Å². The fraction of sp³-hybridized carbons (Fsp3) is 0.292. The number of rotatable bonds is 7. The number of amides is 1. The van der Waals surface area contributed by atoms with E-state index in [1.54, 1.807) is 43.8 Å². The van der Waals surface area contributed by atoms with Crippen molar-refractivity contribution in [3.63, 3.8) is 0 Å².